The van der Waals surface area contributed by atoms with Gasteiger partial charge in [-0.05, 0) is 70.6 Å². The standard InChI is InChI=1S/C69H127N2O6P/c1-6-8-10-12-14-16-18-20-22-23-24-25-26-27-28-29-30-31-32-33-34-35-36-37-38-39-40-41-42-43-44-45-46-47-49-51-53-55-57-59-61-63-69(73)70-67(66-77-78(74,75)76-65-64-71(3,4)5)68(72)62-60-58-56-54-52-50-48-21-19-17-15-13-11-9-7-2/h8,10,14,16,20,22,24-25,27-28,30-31,60,62,67-68,72H,6-7,9,11-13,15,17-19,21,23,26,29,32-59,61,63-66H2,1-5H3,(H-,70,73,74,75)/p+1/b10-8-,16-14-,22-20-,25-24-,28-27-,31-30-,62-60+. The minimum Gasteiger partial charge on any atom is -0.387 e. The van der Waals surface area contributed by atoms with Gasteiger partial charge in [-0.2, -0.15) is 0 Å². The van der Waals surface area contributed by atoms with E-state index < -0.39 is 20.0 Å². The van der Waals surface area contributed by atoms with Gasteiger partial charge in [0.2, 0.25) is 5.91 Å². The molecule has 0 aromatic heterocycles. The molecule has 0 aliphatic heterocycles. The number of rotatable bonds is 60. The number of nitrogens with one attached hydrogen (secondary N) is 1. The maximum absolute atomic E-state index is 13.0. The molecular formula is C69H128N2O6P+. The number of unbranched alkanes of at least 4 members (excludes halogenated alkanes) is 35. The number of allylic oxidation sites excluding steroid dienone is 13. The molecule has 0 aliphatic carbocycles. The SMILES string of the molecule is CC/C=C\C/C=C\C/C=C\C/C=C\C/C=C\C/C=C\CCCCCCCCCCCCCCCCCCCCCCCCC(=O)NC(COP(=O)(O)OCC[N+](C)(C)C)C(O)/C=C/CCCCCCCCCCCCCCC. The normalized spacial score (nSPS) is 14.3. The van der Waals surface area contributed by atoms with E-state index in [1.54, 1.807) is 6.08 Å². The van der Waals surface area contributed by atoms with Gasteiger partial charge >= 0.3 is 7.82 Å². The average Bonchev–Trinajstić information content (AvgIpc) is 3.41. The van der Waals surface area contributed by atoms with Crippen molar-refractivity contribution in [2.75, 3.05) is 40.9 Å². The van der Waals surface area contributed by atoms with Crippen molar-refractivity contribution in [1.29, 1.82) is 0 Å². The van der Waals surface area contributed by atoms with Crippen molar-refractivity contribution in [1.82, 2.24) is 5.32 Å². The third kappa shape index (κ3) is 61.3. The summed E-state index contributed by atoms with van der Waals surface area (Å²) in [6, 6.07) is -0.847. The molecule has 0 aromatic carbocycles. The molecule has 0 aromatic rings. The van der Waals surface area contributed by atoms with Gasteiger partial charge in [0.25, 0.3) is 0 Å². The van der Waals surface area contributed by atoms with Gasteiger partial charge in [-0.15, -0.1) is 0 Å². The Balaban J connectivity index is 3.92. The average molecular weight is 1110 g/mol. The van der Waals surface area contributed by atoms with Crippen molar-refractivity contribution in [3.8, 4) is 0 Å². The predicted octanol–water partition coefficient (Wildman–Crippen LogP) is 20.8. The molecule has 3 atom stereocenters. The number of aliphatic hydroxyl groups excluding tert-OH is 1. The van der Waals surface area contributed by atoms with Gasteiger partial charge < -0.3 is 19.8 Å². The van der Waals surface area contributed by atoms with Crippen LogP contribution in [0.2, 0.25) is 0 Å². The number of hydrogen-bond donors (Lipinski definition) is 3. The Morgan fingerprint density at radius 1 is 0.449 bits per heavy atom. The lowest BCUT2D eigenvalue weighted by Crippen LogP contribution is -2.45. The van der Waals surface area contributed by atoms with Crippen LogP contribution in [-0.2, 0) is 18.4 Å². The Labute approximate surface area is 484 Å². The predicted molar refractivity (Wildman–Crippen MR) is 341 cm³/mol. The largest absolute Gasteiger partial charge is 0.472 e. The quantitative estimate of drug-likeness (QED) is 0.0243. The van der Waals surface area contributed by atoms with Crippen LogP contribution in [-0.4, -0.2) is 73.4 Å². The zero-order chi connectivity index (χ0) is 57.0. The molecule has 0 saturated heterocycles. The second kappa shape index (κ2) is 59.3. The minimum atomic E-state index is -4.35. The smallest absolute Gasteiger partial charge is 0.387 e. The summed E-state index contributed by atoms with van der Waals surface area (Å²) in [5, 5.41) is 13.9. The van der Waals surface area contributed by atoms with Gasteiger partial charge in [-0.25, -0.2) is 4.57 Å². The first-order valence-electron chi connectivity index (χ1n) is 33.0. The molecule has 0 fully saturated rings. The Hall–Kier alpha value is -2.32. The van der Waals surface area contributed by atoms with E-state index in [2.05, 4.69) is 92.1 Å². The van der Waals surface area contributed by atoms with Gasteiger partial charge in [0.1, 0.15) is 13.2 Å². The van der Waals surface area contributed by atoms with Crippen LogP contribution in [0.3, 0.4) is 0 Å². The summed E-state index contributed by atoms with van der Waals surface area (Å²) in [7, 11) is 1.58. The molecule has 0 spiro atoms. The van der Waals surface area contributed by atoms with Crippen LogP contribution < -0.4 is 5.32 Å². The number of likely N-dealkylation sites (N-methyl/N-ethyl adjacent to an activating group) is 1. The maximum Gasteiger partial charge on any atom is 0.472 e. The lowest BCUT2D eigenvalue weighted by molar-refractivity contribution is -0.870. The van der Waals surface area contributed by atoms with E-state index in [9.17, 15) is 19.4 Å². The lowest BCUT2D eigenvalue weighted by Gasteiger charge is -2.25. The van der Waals surface area contributed by atoms with Crippen molar-refractivity contribution in [2.24, 2.45) is 0 Å². The topological polar surface area (TPSA) is 105 Å². The van der Waals surface area contributed by atoms with E-state index >= 15 is 0 Å². The summed E-state index contributed by atoms with van der Waals surface area (Å²) in [4.78, 5) is 23.3. The highest BCUT2D eigenvalue weighted by atomic mass is 31.2. The molecule has 0 bridgehead atoms. The van der Waals surface area contributed by atoms with E-state index in [4.69, 9.17) is 9.05 Å². The van der Waals surface area contributed by atoms with Gasteiger partial charge in [0, 0.05) is 6.42 Å². The fourth-order valence-electron chi connectivity index (χ4n) is 9.52. The number of carbonyl (C=O) groups is 1. The van der Waals surface area contributed by atoms with Crippen LogP contribution in [0.5, 0.6) is 0 Å². The summed E-state index contributed by atoms with van der Waals surface area (Å²) in [5.74, 6) is -0.174. The molecule has 0 saturated carbocycles. The van der Waals surface area contributed by atoms with Crippen LogP contribution in [0.1, 0.15) is 296 Å². The molecule has 0 heterocycles. The molecule has 9 heteroatoms. The summed E-state index contributed by atoms with van der Waals surface area (Å²) >= 11 is 0. The molecule has 8 nitrogen and oxygen atoms in total. The van der Waals surface area contributed by atoms with Gasteiger partial charge in [-0.1, -0.05) is 304 Å². The number of aliphatic hydroxyl groups is 1. The van der Waals surface area contributed by atoms with Crippen LogP contribution in [0.25, 0.3) is 0 Å². The zero-order valence-corrected chi connectivity index (χ0v) is 52.8. The molecule has 0 rings (SSSR count). The summed E-state index contributed by atoms with van der Waals surface area (Å²) in [5.41, 5.74) is 0. The Morgan fingerprint density at radius 2 is 0.769 bits per heavy atom. The third-order valence-corrected chi connectivity index (χ3v) is 15.6. The van der Waals surface area contributed by atoms with Crippen molar-refractivity contribution >= 4 is 13.7 Å². The lowest BCUT2D eigenvalue weighted by atomic mass is 10.0. The van der Waals surface area contributed by atoms with E-state index in [1.165, 1.54) is 199 Å². The second-order valence-electron chi connectivity index (χ2n) is 23.5. The summed E-state index contributed by atoms with van der Waals surface area (Å²) < 4.78 is 23.7. The molecule has 78 heavy (non-hydrogen) atoms. The second-order valence-corrected chi connectivity index (χ2v) is 24.9. The molecule has 3 unspecified atom stereocenters. The van der Waals surface area contributed by atoms with E-state index in [1.807, 2.05) is 27.2 Å². The molecule has 0 aliphatic rings. The van der Waals surface area contributed by atoms with Gasteiger partial charge in [0.15, 0.2) is 0 Å². The summed E-state index contributed by atoms with van der Waals surface area (Å²) in [6.07, 6.45) is 84.4. The first kappa shape index (κ1) is 75.7. The van der Waals surface area contributed by atoms with Crippen LogP contribution in [0.15, 0.2) is 85.1 Å². The highest BCUT2D eigenvalue weighted by Crippen LogP contribution is 2.43. The number of amides is 1. The number of hydrogen-bond acceptors (Lipinski definition) is 5. The Kier molecular flexibility index (Phi) is 57.5. The van der Waals surface area contributed by atoms with E-state index in [-0.39, 0.29) is 19.1 Å². The van der Waals surface area contributed by atoms with Crippen molar-refractivity contribution < 1.29 is 32.9 Å². The van der Waals surface area contributed by atoms with Gasteiger partial charge in [0.05, 0.1) is 39.9 Å². The van der Waals surface area contributed by atoms with Crippen LogP contribution >= 0.6 is 7.82 Å². The Morgan fingerprint density at radius 3 is 1.13 bits per heavy atom. The molecule has 454 valence electrons. The number of carbonyl (C=O) groups excluding carboxylic acids is 1. The first-order chi connectivity index (χ1) is 38.0. The Bertz CT molecular complexity index is 1550. The van der Waals surface area contributed by atoms with Crippen molar-refractivity contribution in [3.05, 3.63) is 85.1 Å². The number of quaternary nitrogens is 1. The molecule has 0 radical (unpaired) electrons. The highest BCUT2D eigenvalue weighted by molar-refractivity contribution is 7.47. The van der Waals surface area contributed by atoms with E-state index in [0.717, 1.165) is 77.0 Å². The third-order valence-electron chi connectivity index (χ3n) is 14.6. The highest BCUT2D eigenvalue weighted by Gasteiger charge is 2.28. The maximum atomic E-state index is 13.0. The van der Waals surface area contributed by atoms with Crippen molar-refractivity contribution in [2.45, 2.75) is 309 Å². The molecular weight excluding hydrogens is 984 g/mol. The number of phosphoric acid groups is 1. The molecule has 1 amide bonds. The number of phosphoric ester groups is 1. The minimum absolute atomic E-state index is 0.0614. The first-order valence-corrected chi connectivity index (χ1v) is 34.5. The monoisotopic (exact) mass is 1110 g/mol. The van der Waals surface area contributed by atoms with Crippen LogP contribution in [0, 0.1) is 0 Å². The summed E-state index contributed by atoms with van der Waals surface area (Å²) in [6.45, 7) is 4.72. The molecule has 3 N–H and O–H groups in total. The van der Waals surface area contributed by atoms with Crippen molar-refractivity contribution in [3.63, 3.8) is 0 Å². The fourth-order valence-corrected chi connectivity index (χ4v) is 10.3. The van der Waals surface area contributed by atoms with E-state index in [0.29, 0.717) is 17.4 Å². The van der Waals surface area contributed by atoms with Gasteiger partial charge in [-0.3, -0.25) is 13.8 Å². The van der Waals surface area contributed by atoms with Crippen LogP contribution in [0.4, 0.5) is 0 Å². The fraction of sp³-hybridized carbons (Fsp3) is 0.783. The zero-order valence-electron chi connectivity index (χ0n) is 51.9. The number of nitrogens with zero attached hydrogens (tertiary/aromatic N) is 1.